The van der Waals surface area contributed by atoms with Crippen molar-refractivity contribution in [2.24, 2.45) is 0 Å². The second-order valence-electron chi connectivity index (χ2n) is 6.91. The van der Waals surface area contributed by atoms with Crippen LogP contribution in [0.1, 0.15) is 17.0 Å². The molecule has 0 fully saturated rings. The number of amides is 1. The number of rotatable bonds is 5. The van der Waals surface area contributed by atoms with Crippen molar-refractivity contribution in [2.45, 2.75) is 12.5 Å². The van der Waals surface area contributed by atoms with Gasteiger partial charge in [0.1, 0.15) is 11.5 Å². The third kappa shape index (κ3) is 3.29. The predicted octanol–water partition coefficient (Wildman–Crippen LogP) is 4.20. The normalized spacial score (nSPS) is 12.7. The lowest BCUT2D eigenvalue weighted by atomic mass is 9.87. The smallest absolute Gasteiger partial charge is 0.232 e. The van der Waals surface area contributed by atoms with Gasteiger partial charge in [0.25, 0.3) is 0 Å². The molecule has 6 nitrogen and oxygen atoms in total. The highest BCUT2D eigenvalue weighted by molar-refractivity contribution is 5.89. The highest BCUT2D eigenvalue weighted by atomic mass is 16.5. The number of aromatic nitrogens is 2. The van der Waals surface area contributed by atoms with E-state index < -0.39 is 5.92 Å². The second-order valence-corrected chi connectivity index (χ2v) is 6.91. The van der Waals surface area contributed by atoms with E-state index in [9.17, 15) is 4.79 Å². The van der Waals surface area contributed by atoms with Crippen molar-refractivity contribution in [1.29, 1.82) is 0 Å². The monoisotopic (exact) mass is 385 g/mol. The molecule has 2 aromatic carbocycles. The van der Waals surface area contributed by atoms with Gasteiger partial charge in [0.05, 0.1) is 31.2 Å². The third-order valence-corrected chi connectivity index (χ3v) is 5.07. The molecular weight excluding hydrogens is 366 g/mol. The summed E-state index contributed by atoms with van der Waals surface area (Å²) in [7, 11) is 0. The molecular formula is C23H19N3O3. The number of ether oxygens (including phenoxy) is 1. The molecule has 4 aromatic rings. The Hall–Kier alpha value is -3.80. The van der Waals surface area contributed by atoms with Gasteiger partial charge in [0, 0.05) is 35.0 Å². The largest absolute Gasteiger partial charge is 0.472 e. The zero-order chi connectivity index (χ0) is 19.6. The average molecular weight is 385 g/mol. The van der Waals surface area contributed by atoms with E-state index in [0.717, 1.165) is 33.8 Å². The summed E-state index contributed by atoms with van der Waals surface area (Å²) in [6.45, 7) is 1.06. The molecule has 0 aliphatic carbocycles. The van der Waals surface area contributed by atoms with Gasteiger partial charge in [0.2, 0.25) is 5.91 Å². The Morgan fingerprint density at radius 3 is 2.41 bits per heavy atom. The van der Waals surface area contributed by atoms with Gasteiger partial charge in [-0.1, -0.05) is 36.4 Å². The van der Waals surface area contributed by atoms with Crippen LogP contribution >= 0.6 is 0 Å². The van der Waals surface area contributed by atoms with Gasteiger partial charge in [-0.15, -0.1) is 0 Å². The van der Waals surface area contributed by atoms with Gasteiger partial charge in [-0.2, -0.15) is 5.10 Å². The number of furan rings is 1. The van der Waals surface area contributed by atoms with Gasteiger partial charge in [0.15, 0.2) is 0 Å². The van der Waals surface area contributed by atoms with Crippen LogP contribution < -0.4 is 10.1 Å². The molecule has 1 aliphatic rings. The molecule has 5 rings (SSSR count). The molecule has 0 saturated carbocycles. The summed E-state index contributed by atoms with van der Waals surface area (Å²) in [4.78, 5) is 13.1. The number of hydrogen-bond acceptors (Lipinski definition) is 4. The Morgan fingerprint density at radius 2 is 1.72 bits per heavy atom. The summed E-state index contributed by atoms with van der Waals surface area (Å²) in [5.74, 6) is 1.01. The summed E-state index contributed by atoms with van der Waals surface area (Å²) >= 11 is 0. The Bertz CT molecular complexity index is 1100. The molecule has 0 saturated heterocycles. The van der Waals surface area contributed by atoms with Crippen LogP contribution in [0.4, 0.5) is 0 Å². The minimum atomic E-state index is -0.393. The van der Waals surface area contributed by atoms with E-state index in [1.807, 2.05) is 65.5 Å². The molecule has 1 aliphatic heterocycles. The average Bonchev–Trinajstić information content (AvgIpc) is 3.44. The van der Waals surface area contributed by atoms with Crippen LogP contribution in [0.5, 0.6) is 11.5 Å². The highest BCUT2D eigenvalue weighted by Crippen LogP contribution is 2.43. The highest BCUT2D eigenvalue weighted by Gasteiger charge is 2.32. The number of nitrogens with zero attached hydrogens (tertiary/aromatic N) is 2. The molecule has 2 aromatic heterocycles. The molecule has 1 N–H and O–H groups in total. The number of carbonyl (C=O) groups is 1. The van der Waals surface area contributed by atoms with E-state index in [1.54, 1.807) is 18.7 Å². The van der Waals surface area contributed by atoms with Crippen molar-refractivity contribution in [3.63, 3.8) is 0 Å². The van der Waals surface area contributed by atoms with E-state index in [0.29, 0.717) is 13.1 Å². The van der Waals surface area contributed by atoms with Crippen LogP contribution in [-0.2, 0) is 11.3 Å². The number of para-hydroxylation sites is 2. The minimum absolute atomic E-state index is 0.0459. The first kappa shape index (κ1) is 17.3. The van der Waals surface area contributed by atoms with Gasteiger partial charge in [-0.05, 0) is 18.2 Å². The van der Waals surface area contributed by atoms with Gasteiger partial charge in [-0.3, -0.25) is 9.48 Å². The Labute approximate surface area is 167 Å². The molecule has 0 atom stereocenters. The fourth-order valence-corrected chi connectivity index (χ4v) is 3.65. The Morgan fingerprint density at radius 1 is 1.00 bits per heavy atom. The topological polar surface area (TPSA) is 69.3 Å². The summed E-state index contributed by atoms with van der Waals surface area (Å²) in [5, 5.41) is 7.41. The van der Waals surface area contributed by atoms with Crippen molar-refractivity contribution in [3.05, 3.63) is 90.6 Å². The van der Waals surface area contributed by atoms with Crippen molar-refractivity contribution in [3.8, 4) is 22.6 Å². The molecule has 3 heterocycles. The van der Waals surface area contributed by atoms with Gasteiger partial charge >= 0.3 is 0 Å². The number of carbonyl (C=O) groups excluding carboxylic acids is 1. The van der Waals surface area contributed by atoms with Crippen LogP contribution in [0.3, 0.4) is 0 Å². The summed E-state index contributed by atoms with van der Waals surface area (Å²) in [6, 6.07) is 17.3. The lowest BCUT2D eigenvalue weighted by Crippen LogP contribution is -2.33. The lowest BCUT2D eigenvalue weighted by Gasteiger charge is -2.27. The third-order valence-electron chi connectivity index (χ3n) is 5.07. The van der Waals surface area contributed by atoms with Crippen LogP contribution in [0.2, 0.25) is 0 Å². The SMILES string of the molecule is O=C(NCCn1cc(-c2ccoc2)cn1)C1c2ccccc2Oc2ccccc21. The standard InChI is InChI=1S/C23H19N3O3/c27-23(24-10-11-26-14-17(13-25-26)16-9-12-28-15-16)22-18-5-1-3-7-20(18)29-21-8-4-2-6-19(21)22/h1-9,12-15,22H,10-11H2,(H,24,27). The maximum absolute atomic E-state index is 13.1. The maximum Gasteiger partial charge on any atom is 0.232 e. The zero-order valence-electron chi connectivity index (χ0n) is 15.6. The van der Waals surface area contributed by atoms with Gasteiger partial charge < -0.3 is 14.5 Å². The minimum Gasteiger partial charge on any atom is -0.472 e. The number of hydrogen-bond donors (Lipinski definition) is 1. The van der Waals surface area contributed by atoms with E-state index in [-0.39, 0.29) is 5.91 Å². The van der Waals surface area contributed by atoms with Crippen LogP contribution in [0.25, 0.3) is 11.1 Å². The quantitative estimate of drug-likeness (QED) is 0.559. The van der Waals surface area contributed by atoms with Crippen molar-refractivity contribution < 1.29 is 13.9 Å². The molecule has 29 heavy (non-hydrogen) atoms. The molecule has 0 spiro atoms. The summed E-state index contributed by atoms with van der Waals surface area (Å²) in [6.07, 6.45) is 7.05. The van der Waals surface area contributed by atoms with Crippen molar-refractivity contribution in [1.82, 2.24) is 15.1 Å². The summed E-state index contributed by atoms with van der Waals surface area (Å²) in [5.41, 5.74) is 3.73. The Balaban J connectivity index is 1.30. The second kappa shape index (κ2) is 7.31. The molecule has 0 radical (unpaired) electrons. The fourth-order valence-electron chi connectivity index (χ4n) is 3.65. The summed E-state index contributed by atoms with van der Waals surface area (Å²) < 4.78 is 12.9. The molecule has 0 bridgehead atoms. The maximum atomic E-state index is 13.1. The molecule has 144 valence electrons. The van der Waals surface area contributed by atoms with Crippen molar-refractivity contribution in [2.75, 3.05) is 6.54 Å². The van der Waals surface area contributed by atoms with E-state index in [1.165, 1.54) is 0 Å². The number of nitrogens with one attached hydrogen (secondary N) is 1. The number of benzene rings is 2. The fraction of sp³-hybridized carbons (Fsp3) is 0.130. The van der Waals surface area contributed by atoms with E-state index >= 15 is 0 Å². The van der Waals surface area contributed by atoms with Crippen LogP contribution in [0, 0.1) is 0 Å². The van der Waals surface area contributed by atoms with Crippen LogP contribution in [-0.4, -0.2) is 22.2 Å². The zero-order valence-corrected chi connectivity index (χ0v) is 15.6. The first-order valence-corrected chi connectivity index (χ1v) is 9.48. The Kier molecular flexibility index (Phi) is 4.37. The first-order chi connectivity index (χ1) is 14.3. The van der Waals surface area contributed by atoms with Crippen LogP contribution in [0.15, 0.2) is 83.9 Å². The lowest BCUT2D eigenvalue weighted by molar-refractivity contribution is -0.121. The molecule has 1 amide bonds. The predicted molar refractivity (Wildman–Crippen MR) is 108 cm³/mol. The van der Waals surface area contributed by atoms with E-state index in [2.05, 4.69) is 10.4 Å². The van der Waals surface area contributed by atoms with E-state index in [4.69, 9.17) is 9.15 Å². The first-order valence-electron chi connectivity index (χ1n) is 9.48. The molecule has 6 heteroatoms. The van der Waals surface area contributed by atoms with Gasteiger partial charge in [-0.25, -0.2) is 0 Å². The molecule has 0 unspecified atom stereocenters. The van der Waals surface area contributed by atoms with Crippen molar-refractivity contribution >= 4 is 5.91 Å². The number of fused-ring (bicyclic) bond motifs is 2.